The highest BCUT2D eigenvalue weighted by molar-refractivity contribution is 6.91. The Labute approximate surface area is 193 Å². The lowest BCUT2D eigenvalue weighted by molar-refractivity contribution is -0.114. The van der Waals surface area contributed by atoms with E-state index >= 15 is 0 Å². The molecule has 1 heterocycles. The Morgan fingerprint density at radius 1 is 1.06 bits per heavy atom. The molecule has 5 nitrogen and oxygen atoms in total. The van der Waals surface area contributed by atoms with Gasteiger partial charge < -0.3 is 19.9 Å². The van der Waals surface area contributed by atoms with Crippen molar-refractivity contribution in [3.8, 4) is 5.75 Å². The SMILES string of the molecule is COc1ccc([Si](C)(C)[C@H]2[C@H](C)[C@H](CCc3ccc(NC(C)=O)cc3)O[C@@H]2CCO)cc1. The molecule has 2 aromatic carbocycles. The molecule has 32 heavy (non-hydrogen) atoms. The number of carbonyl (C=O) groups is 1. The van der Waals surface area contributed by atoms with Crippen molar-refractivity contribution in [2.24, 2.45) is 5.92 Å². The molecule has 0 aromatic heterocycles. The molecule has 0 spiro atoms. The van der Waals surface area contributed by atoms with E-state index in [9.17, 15) is 9.90 Å². The lowest BCUT2D eigenvalue weighted by Gasteiger charge is -2.36. The second-order valence-corrected chi connectivity index (χ2v) is 14.2. The first-order valence-corrected chi connectivity index (χ1v) is 14.6. The van der Waals surface area contributed by atoms with E-state index in [-0.39, 0.29) is 24.7 Å². The number of hydrogen-bond acceptors (Lipinski definition) is 4. The predicted molar refractivity (Wildman–Crippen MR) is 132 cm³/mol. The van der Waals surface area contributed by atoms with Gasteiger partial charge in [0.25, 0.3) is 0 Å². The predicted octanol–water partition coefficient (Wildman–Crippen LogP) is 4.36. The minimum Gasteiger partial charge on any atom is -0.497 e. The van der Waals surface area contributed by atoms with Crippen LogP contribution in [-0.4, -0.2) is 45.0 Å². The van der Waals surface area contributed by atoms with Crippen molar-refractivity contribution in [3.05, 3.63) is 54.1 Å². The molecule has 0 bridgehead atoms. The number of carbonyl (C=O) groups excluding carboxylic acids is 1. The largest absolute Gasteiger partial charge is 0.497 e. The molecule has 0 unspecified atom stereocenters. The van der Waals surface area contributed by atoms with Gasteiger partial charge in [0.05, 0.1) is 27.4 Å². The maximum Gasteiger partial charge on any atom is 0.221 e. The molecular formula is C26H37NO4Si. The third kappa shape index (κ3) is 5.60. The first kappa shape index (κ1) is 24.5. The first-order valence-electron chi connectivity index (χ1n) is 11.5. The second kappa shape index (κ2) is 10.6. The van der Waals surface area contributed by atoms with Gasteiger partial charge in [-0.1, -0.05) is 49.5 Å². The molecule has 2 aromatic rings. The fourth-order valence-electron chi connectivity index (χ4n) is 5.31. The van der Waals surface area contributed by atoms with E-state index in [1.165, 1.54) is 17.7 Å². The van der Waals surface area contributed by atoms with Gasteiger partial charge in [0.15, 0.2) is 0 Å². The summed E-state index contributed by atoms with van der Waals surface area (Å²) in [5.41, 5.74) is 2.50. The van der Waals surface area contributed by atoms with Gasteiger partial charge in [-0.2, -0.15) is 0 Å². The van der Waals surface area contributed by atoms with Crippen LogP contribution in [0.2, 0.25) is 18.6 Å². The molecule has 1 aliphatic rings. The van der Waals surface area contributed by atoms with Crippen LogP contribution < -0.4 is 15.2 Å². The van der Waals surface area contributed by atoms with Crippen molar-refractivity contribution in [3.63, 3.8) is 0 Å². The molecule has 3 rings (SSSR count). The Kier molecular flexibility index (Phi) is 8.14. The van der Waals surface area contributed by atoms with Crippen LogP contribution in [0.25, 0.3) is 0 Å². The zero-order valence-electron chi connectivity index (χ0n) is 19.9. The summed E-state index contributed by atoms with van der Waals surface area (Å²) in [6.07, 6.45) is 2.83. The highest BCUT2D eigenvalue weighted by Crippen LogP contribution is 2.46. The average Bonchev–Trinajstić information content (AvgIpc) is 3.08. The molecule has 0 radical (unpaired) electrons. The van der Waals surface area contributed by atoms with Gasteiger partial charge in [-0.05, 0) is 60.6 Å². The van der Waals surface area contributed by atoms with E-state index in [0.29, 0.717) is 17.9 Å². The summed E-state index contributed by atoms with van der Waals surface area (Å²) in [5.74, 6) is 1.24. The van der Waals surface area contributed by atoms with Crippen LogP contribution >= 0.6 is 0 Å². The Morgan fingerprint density at radius 3 is 2.28 bits per heavy atom. The number of aliphatic hydroxyl groups is 1. The smallest absolute Gasteiger partial charge is 0.221 e. The summed E-state index contributed by atoms with van der Waals surface area (Å²) in [7, 11) is -0.156. The van der Waals surface area contributed by atoms with Crippen LogP contribution in [0.1, 0.15) is 32.3 Å². The van der Waals surface area contributed by atoms with Crippen molar-refractivity contribution >= 4 is 24.9 Å². The lowest BCUT2D eigenvalue weighted by Crippen LogP contribution is -2.50. The zero-order chi connectivity index (χ0) is 23.3. The molecule has 1 fully saturated rings. The Morgan fingerprint density at radius 2 is 1.72 bits per heavy atom. The first-order chi connectivity index (χ1) is 15.3. The number of amides is 1. The normalized spacial score (nSPS) is 23.2. The number of methoxy groups -OCH3 is 1. The van der Waals surface area contributed by atoms with E-state index in [4.69, 9.17) is 9.47 Å². The summed E-state index contributed by atoms with van der Waals surface area (Å²) >= 11 is 0. The topological polar surface area (TPSA) is 67.8 Å². The van der Waals surface area contributed by atoms with E-state index < -0.39 is 8.07 Å². The van der Waals surface area contributed by atoms with Crippen molar-refractivity contribution in [2.45, 2.75) is 64.0 Å². The molecule has 4 atom stereocenters. The summed E-state index contributed by atoms with van der Waals surface area (Å²) in [6, 6.07) is 16.6. The highest BCUT2D eigenvalue weighted by atomic mass is 28.3. The van der Waals surface area contributed by atoms with Gasteiger partial charge in [0.2, 0.25) is 5.91 Å². The van der Waals surface area contributed by atoms with Gasteiger partial charge in [-0.3, -0.25) is 4.79 Å². The summed E-state index contributed by atoms with van der Waals surface area (Å²) in [5, 5.41) is 13.9. The molecule has 0 aliphatic carbocycles. The fraction of sp³-hybridized carbons (Fsp3) is 0.500. The van der Waals surface area contributed by atoms with Crippen LogP contribution in [-0.2, 0) is 16.0 Å². The number of hydrogen-bond donors (Lipinski definition) is 2. The van der Waals surface area contributed by atoms with Crippen molar-refractivity contribution in [1.82, 2.24) is 0 Å². The van der Waals surface area contributed by atoms with Gasteiger partial charge in [-0.25, -0.2) is 0 Å². The number of anilines is 1. The molecule has 6 heteroatoms. The minimum absolute atomic E-state index is 0.0597. The van der Waals surface area contributed by atoms with E-state index in [0.717, 1.165) is 24.3 Å². The quantitative estimate of drug-likeness (QED) is 0.552. The van der Waals surface area contributed by atoms with Crippen molar-refractivity contribution < 1.29 is 19.4 Å². The third-order valence-electron chi connectivity index (χ3n) is 6.98. The molecule has 1 aliphatic heterocycles. The zero-order valence-corrected chi connectivity index (χ0v) is 20.9. The minimum atomic E-state index is -1.85. The maximum absolute atomic E-state index is 11.2. The molecule has 1 amide bonds. The Hall–Kier alpha value is -2.15. The monoisotopic (exact) mass is 455 g/mol. The summed E-state index contributed by atoms with van der Waals surface area (Å²) in [4.78, 5) is 11.2. The van der Waals surface area contributed by atoms with E-state index in [1.54, 1.807) is 7.11 Å². The van der Waals surface area contributed by atoms with Crippen LogP contribution in [0.3, 0.4) is 0 Å². The molecule has 2 N–H and O–H groups in total. The second-order valence-electron chi connectivity index (χ2n) is 9.48. The number of nitrogens with one attached hydrogen (secondary N) is 1. The van der Waals surface area contributed by atoms with Crippen LogP contribution in [0, 0.1) is 5.92 Å². The number of aliphatic hydroxyl groups excluding tert-OH is 1. The fourth-order valence-corrected chi connectivity index (χ4v) is 9.43. The van der Waals surface area contributed by atoms with Crippen LogP contribution in [0.4, 0.5) is 5.69 Å². The van der Waals surface area contributed by atoms with Gasteiger partial charge >= 0.3 is 0 Å². The molecule has 1 saturated heterocycles. The standard InChI is InChI=1S/C26H37NO4Si/c1-18-24(15-8-20-6-9-21(10-7-20)27-19(2)29)31-25(16-17-28)26(18)32(4,5)23-13-11-22(30-3)12-14-23/h6-7,9-14,18,24-26,28H,8,15-17H2,1-5H3,(H,27,29)/t18-,24+,25-,26+/m1/s1. The number of ether oxygens (including phenoxy) is 2. The maximum atomic E-state index is 11.2. The molecular weight excluding hydrogens is 418 g/mol. The Bertz CT molecular complexity index is 882. The molecule has 0 saturated carbocycles. The van der Waals surface area contributed by atoms with Crippen molar-refractivity contribution in [1.29, 1.82) is 0 Å². The van der Waals surface area contributed by atoms with Gasteiger partial charge in [-0.15, -0.1) is 0 Å². The number of benzene rings is 2. The Balaban J connectivity index is 1.71. The number of aryl methyl sites for hydroxylation is 1. The molecule has 174 valence electrons. The lowest BCUT2D eigenvalue weighted by atomic mass is 9.95. The van der Waals surface area contributed by atoms with E-state index in [1.807, 2.05) is 24.3 Å². The van der Waals surface area contributed by atoms with Gasteiger partial charge in [0.1, 0.15) is 5.75 Å². The summed E-state index contributed by atoms with van der Waals surface area (Å²) < 4.78 is 11.9. The van der Waals surface area contributed by atoms with Crippen molar-refractivity contribution in [2.75, 3.05) is 19.0 Å². The van der Waals surface area contributed by atoms with E-state index in [2.05, 4.69) is 49.6 Å². The third-order valence-corrected chi connectivity index (χ3v) is 11.4. The summed E-state index contributed by atoms with van der Waals surface area (Å²) in [6.45, 7) is 8.84. The number of rotatable bonds is 9. The average molecular weight is 456 g/mol. The van der Waals surface area contributed by atoms with Crippen LogP contribution in [0.5, 0.6) is 5.75 Å². The highest BCUT2D eigenvalue weighted by Gasteiger charge is 2.50. The van der Waals surface area contributed by atoms with Gasteiger partial charge in [0, 0.05) is 19.2 Å². The van der Waals surface area contributed by atoms with Crippen LogP contribution in [0.15, 0.2) is 48.5 Å².